The van der Waals surface area contributed by atoms with Crippen molar-refractivity contribution in [1.29, 1.82) is 0 Å². The molecule has 0 aliphatic carbocycles. The molecule has 0 atom stereocenters. The van der Waals surface area contributed by atoms with Crippen molar-refractivity contribution in [1.82, 2.24) is 4.98 Å². The lowest BCUT2D eigenvalue weighted by Crippen LogP contribution is -2.15. The van der Waals surface area contributed by atoms with Crippen molar-refractivity contribution < 1.29 is 23.4 Å². The average molecular weight is 340 g/mol. The van der Waals surface area contributed by atoms with Crippen molar-refractivity contribution in [3.63, 3.8) is 0 Å². The van der Waals surface area contributed by atoms with E-state index in [2.05, 4.69) is 4.98 Å². The van der Waals surface area contributed by atoms with E-state index in [1.54, 1.807) is 0 Å². The molecule has 2 N–H and O–H groups in total. The lowest BCUT2D eigenvalue weighted by Gasteiger charge is -2.08. The van der Waals surface area contributed by atoms with Gasteiger partial charge in [0, 0.05) is 6.07 Å². The number of aromatic hydroxyl groups is 1. The van der Waals surface area contributed by atoms with Crippen molar-refractivity contribution in [3.05, 3.63) is 56.8 Å². The minimum Gasteiger partial charge on any atom is -0.504 e. The quantitative estimate of drug-likeness (QED) is 0.608. The second-order valence-corrected chi connectivity index (χ2v) is 5.80. The van der Waals surface area contributed by atoms with Gasteiger partial charge in [-0.05, 0) is 6.07 Å². The summed E-state index contributed by atoms with van der Waals surface area (Å²) in [6.45, 7) is 0. The number of pyridine rings is 1. The minimum absolute atomic E-state index is 0.545. The summed E-state index contributed by atoms with van der Waals surface area (Å²) in [5.74, 6) is -1.38. The monoisotopic (exact) mass is 340 g/mol. The molecule has 1 aromatic heterocycles. The van der Waals surface area contributed by atoms with Gasteiger partial charge in [-0.1, -0.05) is 12.1 Å². The molecule has 1 aromatic carbocycles. The van der Waals surface area contributed by atoms with Crippen LogP contribution in [0, 0.1) is 20.2 Å². The van der Waals surface area contributed by atoms with Gasteiger partial charge >= 0.3 is 0 Å². The van der Waals surface area contributed by atoms with Crippen molar-refractivity contribution in [2.45, 2.75) is 4.90 Å². The van der Waals surface area contributed by atoms with E-state index in [9.17, 15) is 33.8 Å². The van der Waals surface area contributed by atoms with Gasteiger partial charge in [-0.25, -0.2) is 13.4 Å². The zero-order valence-electron chi connectivity index (χ0n) is 11.1. The minimum atomic E-state index is -4.43. The molecular weight excluding hydrogens is 332 g/mol. The largest absolute Gasteiger partial charge is 0.504 e. The highest BCUT2D eigenvalue weighted by atomic mass is 32.2. The molecule has 12 heteroatoms. The fraction of sp³-hybridized carbons (Fsp3) is 0. The third-order valence-corrected chi connectivity index (χ3v) is 4.03. The Hall–Kier alpha value is -3.28. The fourth-order valence-electron chi connectivity index (χ4n) is 1.64. The summed E-state index contributed by atoms with van der Waals surface area (Å²) >= 11 is 0. The number of hydrogen-bond donors (Lipinski definition) is 2. The Morgan fingerprint density at radius 3 is 2.35 bits per heavy atom. The molecule has 23 heavy (non-hydrogen) atoms. The number of rotatable bonds is 5. The van der Waals surface area contributed by atoms with Crippen molar-refractivity contribution >= 4 is 27.2 Å². The number of nitrogens with one attached hydrogen (secondary N) is 1. The van der Waals surface area contributed by atoms with Gasteiger partial charge in [0.2, 0.25) is 0 Å². The van der Waals surface area contributed by atoms with Gasteiger partial charge in [0.15, 0.2) is 16.5 Å². The molecule has 1 heterocycles. The van der Waals surface area contributed by atoms with Gasteiger partial charge in [0.25, 0.3) is 21.4 Å². The van der Waals surface area contributed by atoms with Gasteiger partial charge in [-0.15, -0.1) is 0 Å². The van der Waals surface area contributed by atoms with E-state index >= 15 is 0 Å². The predicted octanol–water partition coefficient (Wildman–Crippen LogP) is 1.40. The standard InChI is InChI=1S/C11H8N4O7S/c16-9-5-7(14(17)18)6-12-11(9)13-23(21,22)10-4-2-1-3-8(10)15(19)20/h1-6,16H,(H,12,13). The molecule has 0 unspecified atom stereocenters. The van der Waals surface area contributed by atoms with Crippen LogP contribution >= 0.6 is 0 Å². The van der Waals surface area contributed by atoms with Crippen LogP contribution in [0.2, 0.25) is 0 Å². The molecule has 0 saturated carbocycles. The van der Waals surface area contributed by atoms with Crippen molar-refractivity contribution in [2.24, 2.45) is 0 Å². The topological polar surface area (TPSA) is 166 Å². The van der Waals surface area contributed by atoms with Crippen LogP contribution in [0.5, 0.6) is 5.75 Å². The summed E-state index contributed by atoms with van der Waals surface area (Å²) in [7, 11) is -4.43. The molecule has 2 rings (SSSR count). The van der Waals surface area contributed by atoms with Gasteiger partial charge < -0.3 is 5.11 Å². The number of nitro groups is 2. The summed E-state index contributed by atoms with van der Waals surface area (Å²) in [6.07, 6.45) is 0.733. The molecule has 0 spiro atoms. The second kappa shape index (κ2) is 5.84. The van der Waals surface area contributed by atoms with Crippen LogP contribution in [-0.4, -0.2) is 28.4 Å². The maximum absolute atomic E-state index is 12.2. The smallest absolute Gasteiger partial charge is 0.291 e. The number of nitrogens with zero attached hydrogens (tertiary/aromatic N) is 3. The number of hydrogen-bond acceptors (Lipinski definition) is 8. The Morgan fingerprint density at radius 1 is 1.13 bits per heavy atom. The molecule has 0 bridgehead atoms. The summed E-state index contributed by atoms with van der Waals surface area (Å²) in [6, 6.07) is 5.27. The van der Waals surface area contributed by atoms with Gasteiger partial charge in [0.1, 0.15) is 6.20 Å². The van der Waals surface area contributed by atoms with Crippen LogP contribution in [0.4, 0.5) is 17.2 Å². The highest BCUT2D eigenvalue weighted by Crippen LogP contribution is 2.29. The number of aromatic nitrogens is 1. The number of sulfonamides is 1. The fourth-order valence-corrected chi connectivity index (χ4v) is 2.84. The molecule has 0 aliphatic rings. The maximum atomic E-state index is 12.2. The molecular formula is C11H8N4O7S. The Kier molecular flexibility index (Phi) is 4.09. The Bertz CT molecular complexity index is 897. The second-order valence-electron chi connectivity index (χ2n) is 4.15. The van der Waals surface area contributed by atoms with E-state index in [-0.39, 0.29) is 0 Å². The average Bonchev–Trinajstić information content (AvgIpc) is 2.49. The van der Waals surface area contributed by atoms with E-state index in [0.717, 1.165) is 18.3 Å². The first-order valence-corrected chi connectivity index (χ1v) is 7.30. The predicted molar refractivity (Wildman–Crippen MR) is 76.5 cm³/mol. The summed E-state index contributed by atoms with van der Waals surface area (Å²) in [5.41, 5.74) is -1.21. The highest BCUT2D eigenvalue weighted by Gasteiger charge is 2.26. The molecule has 120 valence electrons. The Labute approximate surface area is 128 Å². The normalized spacial score (nSPS) is 11.0. The van der Waals surface area contributed by atoms with Gasteiger partial charge in [-0.3, -0.25) is 25.0 Å². The number of benzene rings is 1. The molecule has 0 aliphatic heterocycles. The van der Waals surface area contributed by atoms with Crippen LogP contribution in [0.25, 0.3) is 0 Å². The first kappa shape index (κ1) is 16.1. The molecule has 0 fully saturated rings. The van der Waals surface area contributed by atoms with Gasteiger partial charge in [-0.2, -0.15) is 0 Å². The lowest BCUT2D eigenvalue weighted by molar-refractivity contribution is -0.387. The van der Waals surface area contributed by atoms with E-state index in [4.69, 9.17) is 0 Å². The highest BCUT2D eigenvalue weighted by molar-refractivity contribution is 7.92. The summed E-state index contributed by atoms with van der Waals surface area (Å²) < 4.78 is 26.2. The molecule has 2 aromatic rings. The van der Waals surface area contributed by atoms with Crippen LogP contribution in [0.15, 0.2) is 41.4 Å². The Balaban J connectivity index is 2.44. The number of anilines is 1. The van der Waals surface area contributed by atoms with E-state index in [1.165, 1.54) is 12.1 Å². The number of para-hydroxylation sites is 1. The first-order chi connectivity index (χ1) is 10.7. The molecule has 0 radical (unpaired) electrons. The molecule has 11 nitrogen and oxygen atoms in total. The van der Waals surface area contributed by atoms with E-state index in [1.807, 2.05) is 4.72 Å². The maximum Gasteiger partial charge on any atom is 0.291 e. The van der Waals surface area contributed by atoms with Gasteiger partial charge in [0.05, 0.1) is 15.9 Å². The van der Waals surface area contributed by atoms with Crippen LogP contribution in [-0.2, 0) is 10.0 Å². The van der Waals surface area contributed by atoms with Crippen LogP contribution in [0.1, 0.15) is 0 Å². The van der Waals surface area contributed by atoms with E-state index in [0.29, 0.717) is 6.07 Å². The molecule has 0 saturated heterocycles. The SMILES string of the molecule is O=[N+]([O-])c1cnc(NS(=O)(=O)c2ccccc2[N+](=O)[O-])c(O)c1. The third-order valence-electron chi connectivity index (χ3n) is 2.65. The summed E-state index contributed by atoms with van der Waals surface area (Å²) in [4.78, 5) is 22.5. The van der Waals surface area contributed by atoms with Crippen LogP contribution in [0.3, 0.4) is 0 Å². The first-order valence-electron chi connectivity index (χ1n) is 5.82. The zero-order valence-corrected chi connectivity index (χ0v) is 11.9. The van der Waals surface area contributed by atoms with E-state index < -0.39 is 47.7 Å². The van der Waals surface area contributed by atoms with Crippen molar-refractivity contribution in [3.8, 4) is 5.75 Å². The number of nitro benzene ring substituents is 1. The third kappa shape index (κ3) is 3.32. The zero-order chi connectivity index (χ0) is 17.2. The summed E-state index contributed by atoms with van der Waals surface area (Å²) in [5, 5.41) is 31.0. The lowest BCUT2D eigenvalue weighted by atomic mass is 10.3. The van der Waals surface area contributed by atoms with Crippen LogP contribution < -0.4 is 4.72 Å². The molecule has 0 amide bonds. The van der Waals surface area contributed by atoms with Crippen molar-refractivity contribution in [2.75, 3.05) is 4.72 Å². The Morgan fingerprint density at radius 2 is 1.78 bits per heavy atom.